The van der Waals surface area contributed by atoms with Crippen LogP contribution in [0.15, 0.2) is 109 Å². The highest BCUT2D eigenvalue weighted by Crippen LogP contribution is 2.47. The minimum atomic E-state index is -1.12. The van der Waals surface area contributed by atoms with Crippen LogP contribution in [0.3, 0.4) is 0 Å². The van der Waals surface area contributed by atoms with Gasteiger partial charge in [0, 0.05) is 0 Å². The van der Waals surface area contributed by atoms with Crippen molar-refractivity contribution >= 4 is 11.9 Å². The third kappa shape index (κ3) is 3.67. The first kappa shape index (κ1) is 19.8. The molecule has 0 aliphatic heterocycles. The van der Waals surface area contributed by atoms with Gasteiger partial charge in [0.1, 0.15) is 0 Å². The third-order valence-corrected chi connectivity index (χ3v) is 5.62. The van der Waals surface area contributed by atoms with E-state index in [1.807, 2.05) is 60.7 Å². The van der Waals surface area contributed by atoms with Crippen molar-refractivity contribution in [2.24, 2.45) is 0 Å². The number of esters is 2. The monoisotopic (exact) mass is 420 g/mol. The summed E-state index contributed by atoms with van der Waals surface area (Å²) in [6.45, 7) is 0. The molecule has 4 aromatic rings. The van der Waals surface area contributed by atoms with Gasteiger partial charge in [-0.25, -0.2) is 9.59 Å². The van der Waals surface area contributed by atoms with E-state index in [1.54, 1.807) is 48.5 Å². The predicted molar refractivity (Wildman–Crippen MR) is 121 cm³/mol. The van der Waals surface area contributed by atoms with Crippen LogP contribution in [0, 0.1) is 0 Å². The first-order chi connectivity index (χ1) is 15.7. The lowest BCUT2D eigenvalue weighted by Gasteiger charge is -2.25. The fraction of sp³-hybridized carbons (Fsp3) is 0.0714. The Balaban J connectivity index is 1.55. The van der Waals surface area contributed by atoms with Gasteiger partial charge < -0.3 is 9.47 Å². The lowest BCUT2D eigenvalue weighted by molar-refractivity contribution is -0.0863. The number of hydrogen-bond donors (Lipinski definition) is 0. The zero-order valence-corrected chi connectivity index (χ0v) is 17.2. The van der Waals surface area contributed by atoms with Gasteiger partial charge in [0.25, 0.3) is 6.29 Å². The van der Waals surface area contributed by atoms with Crippen molar-refractivity contribution < 1.29 is 19.1 Å². The number of carbonyl (C=O) groups excluding carboxylic acids is 2. The van der Waals surface area contributed by atoms with Crippen LogP contribution in [-0.2, 0) is 9.47 Å². The van der Waals surface area contributed by atoms with E-state index < -0.39 is 24.1 Å². The van der Waals surface area contributed by atoms with Gasteiger partial charge in [0.2, 0.25) is 0 Å². The van der Waals surface area contributed by atoms with E-state index in [9.17, 15) is 9.59 Å². The van der Waals surface area contributed by atoms with Gasteiger partial charge in [0.15, 0.2) is 0 Å². The van der Waals surface area contributed by atoms with Crippen molar-refractivity contribution in [2.75, 3.05) is 0 Å². The molecule has 0 saturated heterocycles. The molecule has 0 aromatic heterocycles. The molecule has 0 atom stereocenters. The van der Waals surface area contributed by atoms with Crippen molar-refractivity contribution in [3.05, 3.63) is 131 Å². The Bertz CT molecular complexity index is 1170. The highest BCUT2D eigenvalue weighted by molar-refractivity contribution is 5.91. The van der Waals surface area contributed by atoms with Crippen LogP contribution >= 0.6 is 0 Å². The number of benzene rings is 4. The molecule has 0 N–H and O–H groups in total. The average molecular weight is 420 g/mol. The van der Waals surface area contributed by atoms with Gasteiger partial charge in [-0.15, -0.1) is 0 Å². The summed E-state index contributed by atoms with van der Waals surface area (Å²) >= 11 is 0. The molecular formula is C28H20O4. The Kier molecular flexibility index (Phi) is 5.26. The maximum atomic E-state index is 12.9. The summed E-state index contributed by atoms with van der Waals surface area (Å²) in [4.78, 5) is 25.9. The number of carbonyl (C=O) groups is 2. The van der Waals surface area contributed by atoms with Crippen LogP contribution in [0.1, 0.15) is 37.8 Å². The number of ether oxygens (including phenoxy) is 2. The highest BCUT2D eigenvalue weighted by atomic mass is 16.7. The van der Waals surface area contributed by atoms with E-state index in [2.05, 4.69) is 0 Å². The molecule has 4 aromatic carbocycles. The standard InChI is InChI=1S/C28H20O4/c29-26(19-11-3-1-4-12-19)31-28(32-27(30)20-13-5-2-6-14-20)25-23-17-9-7-15-21(23)22-16-8-10-18-24(22)25/h1-18,25,28H. The molecule has 0 radical (unpaired) electrons. The minimum absolute atomic E-state index is 0.396. The van der Waals surface area contributed by atoms with E-state index >= 15 is 0 Å². The van der Waals surface area contributed by atoms with E-state index in [4.69, 9.17) is 9.47 Å². The lowest BCUT2D eigenvalue weighted by atomic mass is 9.96. The second-order valence-corrected chi connectivity index (χ2v) is 7.56. The minimum Gasteiger partial charge on any atom is -0.420 e. The van der Waals surface area contributed by atoms with Crippen molar-refractivity contribution in [1.82, 2.24) is 0 Å². The summed E-state index contributed by atoms with van der Waals surface area (Å²) < 4.78 is 11.7. The zero-order valence-electron chi connectivity index (χ0n) is 17.2. The topological polar surface area (TPSA) is 52.6 Å². The lowest BCUT2D eigenvalue weighted by Crippen LogP contribution is -2.30. The molecule has 0 unspecified atom stereocenters. The molecule has 4 nitrogen and oxygen atoms in total. The molecule has 32 heavy (non-hydrogen) atoms. The maximum absolute atomic E-state index is 12.9. The van der Waals surface area contributed by atoms with E-state index in [1.165, 1.54) is 0 Å². The van der Waals surface area contributed by atoms with Gasteiger partial charge in [-0.2, -0.15) is 0 Å². The molecule has 0 heterocycles. The summed E-state index contributed by atoms with van der Waals surface area (Å²) in [7, 11) is 0. The Hall–Kier alpha value is -4.18. The van der Waals surface area contributed by atoms with Gasteiger partial charge in [-0.3, -0.25) is 0 Å². The third-order valence-electron chi connectivity index (χ3n) is 5.62. The first-order valence-corrected chi connectivity index (χ1v) is 10.4. The van der Waals surface area contributed by atoms with Crippen LogP contribution in [0.5, 0.6) is 0 Å². The summed E-state index contributed by atoms with van der Waals surface area (Å²) in [5.41, 5.74) is 4.80. The largest absolute Gasteiger partial charge is 0.420 e. The Labute approximate surface area is 186 Å². The average Bonchev–Trinajstić information content (AvgIpc) is 3.19. The predicted octanol–water partition coefficient (Wildman–Crippen LogP) is 5.84. The van der Waals surface area contributed by atoms with Gasteiger partial charge in [-0.05, 0) is 46.5 Å². The molecule has 156 valence electrons. The summed E-state index contributed by atoms with van der Waals surface area (Å²) in [5.74, 6) is -1.51. The normalized spacial score (nSPS) is 12.2. The fourth-order valence-corrected chi connectivity index (χ4v) is 4.14. The summed E-state index contributed by atoms with van der Waals surface area (Å²) in [6.07, 6.45) is -1.12. The molecule has 4 heteroatoms. The molecule has 0 bridgehead atoms. The van der Waals surface area contributed by atoms with E-state index in [0.717, 1.165) is 22.3 Å². The Morgan fingerprint density at radius 1 is 0.531 bits per heavy atom. The van der Waals surface area contributed by atoms with Crippen LogP contribution in [0.2, 0.25) is 0 Å². The van der Waals surface area contributed by atoms with E-state index in [0.29, 0.717) is 11.1 Å². The Morgan fingerprint density at radius 2 is 0.906 bits per heavy atom. The number of fused-ring (bicyclic) bond motifs is 3. The van der Waals surface area contributed by atoms with Crippen molar-refractivity contribution in [2.45, 2.75) is 12.2 Å². The molecule has 1 aliphatic rings. The van der Waals surface area contributed by atoms with Crippen molar-refractivity contribution in [3.8, 4) is 11.1 Å². The molecular weight excluding hydrogens is 400 g/mol. The van der Waals surface area contributed by atoms with Gasteiger partial charge in [0.05, 0.1) is 17.0 Å². The zero-order chi connectivity index (χ0) is 21.9. The summed E-state index contributed by atoms with van der Waals surface area (Å²) in [5, 5.41) is 0. The number of rotatable bonds is 5. The van der Waals surface area contributed by atoms with Crippen LogP contribution < -0.4 is 0 Å². The maximum Gasteiger partial charge on any atom is 0.341 e. The van der Waals surface area contributed by atoms with Crippen molar-refractivity contribution in [1.29, 1.82) is 0 Å². The SMILES string of the molecule is O=C(OC(OC(=O)c1ccccc1)C1c2ccccc2-c2ccccc21)c1ccccc1. The molecule has 5 rings (SSSR count). The molecule has 1 aliphatic carbocycles. The number of hydrogen-bond acceptors (Lipinski definition) is 4. The van der Waals surface area contributed by atoms with Gasteiger partial charge in [-0.1, -0.05) is 84.9 Å². The van der Waals surface area contributed by atoms with E-state index in [-0.39, 0.29) is 0 Å². The second-order valence-electron chi connectivity index (χ2n) is 7.56. The molecule has 0 amide bonds. The van der Waals surface area contributed by atoms with Gasteiger partial charge >= 0.3 is 11.9 Å². The van der Waals surface area contributed by atoms with Crippen molar-refractivity contribution in [3.63, 3.8) is 0 Å². The van der Waals surface area contributed by atoms with Crippen LogP contribution in [0.25, 0.3) is 11.1 Å². The van der Waals surface area contributed by atoms with Crippen LogP contribution in [-0.4, -0.2) is 18.2 Å². The molecule has 0 fully saturated rings. The highest BCUT2D eigenvalue weighted by Gasteiger charge is 2.39. The molecule has 0 saturated carbocycles. The smallest absolute Gasteiger partial charge is 0.341 e. The Morgan fingerprint density at radius 3 is 1.34 bits per heavy atom. The first-order valence-electron chi connectivity index (χ1n) is 10.4. The van der Waals surface area contributed by atoms with Crippen LogP contribution in [0.4, 0.5) is 0 Å². The fourth-order valence-electron chi connectivity index (χ4n) is 4.14. The second kappa shape index (κ2) is 8.52. The molecule has 0 spiro atoms. The quantitative estimate of drug-likeness (QED) is 0.301. The summed E-state index contributed by atoms with van der Waals surface area (Å²) in [6, 6.07) is 33.3.